The van der Waals surface area contributed by atoms with E-state index >= 15 is 0 Å². The molecule has 0 amide bonds. The zero-order valence-corrected chi connectivity index (χ0v) is 11.7. The minimum Gasteiger partial charge on any atom is -0.487 e. The number of aromatic nitrogens is 1. The van der Waals surface area contributed by atoms with Crippen LogP contribution in [-0.2, 0) is 6.61 Å². The van der Waals surface area contributed by atoms with Crippen molar-refractivity contribution >= 4 is 16.6 Å². The molecule has 0 aliphatic heterocycles. The van der Waals surface area contributed by atoms with E-state index in [1.807, 2.05) is 48.5 Å². The number of ether oxygens (including phenoxy) is 1. The molecule has 3 nitrogen and oxygen atoms in total. The van der Waals surface area contributed by atoms with Crippen molar-refractivity contribution < 1.29 is 9.53 Å². The third kappa shape index (κ3) is 2.77. The van der Waals surface area contributed by atoms with Crippen molar-refractivity contribution in [1.29, 1.82) is 0 Å². The lowest BCUT2D eigenvalue weighted by molar-refractivity contribution is 0.101. The normalized spacial score (nSPS) is 10.5. The van der Waals surface area contributed by atoms with Crippen molar-refractivity contribution in [2.24, 2.45) is 0 Å². The summed E-state index contributed by atoms with van der Waals surface area (Å²) in [5, 5.41) is 2.01. The summed E-state index contributed by atoms with van der Waals surface area (Å²) in [6.07, 6.45) is 3.49. The molecule has 0 spiro atoms. The first-order chi connectivity index (χ1) is 10.3. The molecule has 0 saturated heterocycles. The van der Waals surface area contributed by atoms with Crippen LogP contribution in [0.3, 0.4) is 0 Å². The van der Waals surface area contributed by atoms with Crippen molar-refractivity contribution in [3.05, 3.63) is 72.1 Å². The maximum Gasteiger partial charge on any atom is 0.163 e. The van der Waals surface area contributed by atoms with Gasteiger partial charge in [-0.1, -0.05) is 36.4 Å². The summed E-state index contributed by atoms with van der Waals surface area (Å²) < 4.78 is 5.94. The Morgan fingerprint density at radius 2 is 1.95 bits per heavy atom. The van der Waals surface area contributed by atoms with E-state index < -0.39 is 0 Å². The molecule has 0 radical (unpaired) electrons. The van der Waals surface area contributed by atoms with E-state index in [-0.39, 0.29) is 5.78 Å². The molecule has 3 rings (SSSR count). The van der Waals surface area contributed by atoms with Crippen LogP contribution >= 0.6 is 0 Å². The molecule has 1 aromatic heterocycles. The third-order valence-electron chi connectivity index (χ3n) is 3.36. The Labute approximate surface area is 123 Å². The Kier molecular flexibility index (Phi) is 3.65. The van der Waals surface area contributed by atoms with Gasteiger partial charge in [-0.05, 0) is 24.4 Å². The molecule has 0 N–H and O–H groups in total. The first-order valence-electron chi connectivity index (χ1n) is 6.80. The fraction of sp³-hybridized carbons (Fsp3) is 0.111. The summed E-state index contributed by atoms with van der Waals surface area (Å²) in [5.41, 5.74) is 1.58. The average molecular weight is 277 g/mol. The maximum absolute atomic E-state index is 11.8. The van der Waals surface area contributed by atoms with E-state index in [2.05, 4.69) is 4.98 Å². The molecular weight excluding hydrogens is 262 g/mol. The Hall–Kier alpha value is -2.68. The lowest BCUT2D eigenvalue weighted by Crippen LogP contribution is -2.02. The highest BCUT2D eigenvalue weighted by Crippen LogP contribution is 2.30. The fourth-order valence-corrected chi connectivity index (χ4v) is 2.31. The van der Waals surface area contributed by atoms with Crippen molar-refractivity contribution in [1.82, 2.24) is 4.98 Å². The van der Waals surface area contributed by atoms with Gasteiger partial charge in [-0.2, -0.15) is 0 Å². The molecule has 0 fully saturated rings. The standard InChI is InChI=1S/C18H15NO2/c1-13(20)16-9-8-15-6-2-3-7-17(15)18(16)21-12-14-5-4-10-19-11-14/h2-11H,12H2,1H3. The number of Topliss-reactive ketones (excluding diaryl/α,β-unsaturated/α-hetero) is 1. The zero-order chi connectivity index (χ0) is 14.7. The van der Waals surface area contributed by atoms with Gasteiger partial charge in [-0.3, -0.25) is 9.78 Å². The number of rotatable bonds is 4. The van der Waals surface area contributed by atoms with Crippen LogP contribution in [0.25, 0.3) is 10.8 Å². The van der Waals surface area contributed by atoms with Gasteiger partial charge in [-0.25, -0.2) is 0 Å². The van der Waals surface area contributed by atoms with E-state index in [1.165, 1.54) is 0 Å². The quantitative estimate of drug-likeness (QED) is 0.676. The van der Waals surface area contributed by atoms with Crippen LogP contribution in [0.4, 0.5) is 0 Å². The van der Waals surface area contributed by atoms with Crippen LogP contribution in [0.1, 0.15) is 22.8 Å². The van der Waals surface area contributed by atoms with Crippen LogP contribution in [0, 0.1) is 0 Å². The predicted octanol–water partition coefficient (Wildman–Crippen LogP) is 4.02. The molecule has 2 aromatic carbocycles. The van der Waals surface area contributed by atoms with Crippen LogP contribution in [0.5, 0.6) is 5.75 Å². The molecule has 21 heavy (non-hydrogen) atoms. The number of fused-ring (bicyclic) bond motifs is 1. The molecule has 0 aliphatic carbocycles. The average Bonchev–Trinajstić information content (AvgIpc) is 2.53. The lowest BCUT2D eigenvalue weighted by atomic mass is 10.0. The minimum atomic E-state index is 0.00180. The van der Waals surface area contributed by atoms with E-state index in [4.69, 9.17) is 4.74 Å². The van der Waals surface area contributed by atoms with Crippen molar-refractivity contribution in [2.45, 2.75) is 13.5 Å². The molecule has 0 saturated carbocycles. The second-order valence-corrected chi connectivity index (χ2v) is 4.87. The highest BCUT2D eigenvalue weighted by molar-refractivity contribution is 6.03. The SMILES string of the molecule is CC(=O)c1ccc2ccccc2c1OCc1cccnc1. The van der Waals surface area contributed by atoms with Crippen LogP contribution in [0.15, 0.2) is 60.9 Å². The first-order valence-corrected chi connectivity index (χ1v) is 6.80. The maximum atomic E-state index is 11.8. The number of benzene rings is 2. The minimum absolute atomic E-state index is 0.00180. The molecule has 0 atom stereocenters. The summed E-state index contributed by atoms with van der Waals surface area (Å²) in [4.78, 5) is 15.9. The first kappa shape index (κ1) is 13.3. The van der Waals surface area contributed by atoms with Crippen LogP contribution < -0.4 is 4.74 Å². The van der Waals surface area contributed by atoms with Gasteiger partial charge >= 0.3 is 0 Å². The zero-order valence-electron chi connectivity index (χ0n) is 11.7. The van der Waals surface area contributed by atoms with Crippen molar-refractivity contribution in [3.63, 3.8) is 0 Å². The van der Waals surface area contributed by atoms with E-state index in [1.54, 1.807) is 19.3 Å². The highest BCUT2D eigenvalue weighted by atomic mass is 16.5. The molecule has 0 unspecified atom stereocenters. The number of ketones is 1. The van der Waals surface area contributed by atoms with Crippen LogP contribution in [0.2, 0.25) is 0 Å². The molecule has 0 aliphatic rings. The topological polar surface area (TPSA) is 39.2 Å². The molecule has 3 aromatic rings. The predicted molar refractivity (Wildman–Crippen MR) is 82.5 cm³/mol. The largest absolute Gasteiger partial charge is 0.487 e. The lowest BCUT2D eigenvalue weighted by Gasteiger charge is -2.13. The summed E-state index contributed by atoms with van der Waals surface area (Å²) in [7, 11) is 0. The number of carbonyl (C=O) groups excluding carboxylic acids is 1. The number of hydrogen-bond donors (Lipinski definition) is 0. The summed E-state index contributed by atoms with van der Waals surface area (Å²) in [5.74, 6) is 0.645. The second-order valence-electron chi connectivity index (χ2n) is 4.87. The summed E-state index contributed by atoms with van der Waals surface area (Å²) in [6, 6.07) is 15.5. The summed E-state index contributed by atoms with van der Waals surface area (Å²) >= 11 is 0. The van der Waals surface area contributed by atoms with Gasteiger partial charge in [0.15, 0.2) is 5.78 Å². The second kappa shape index (κ2) is 5.75. The van der Waals surface area contributed by atoms with Crippen LogP contribution in [-0.4, -0.2) is 10.8 Å². The van der Waals surface area contributed by atoms with E-state index in [0.717, 1.165) is 16.3 Å². The molecule has 0 bridgehead atoms. The number of nitrogens with zero attached hydrogens (tertiary/aromatic N) is 1. The van der Waals surface area contributed by atoms with Gasteiger partial charge < -0.3 is 4.74 Å². The van der Waals surface area contributed by atoms with Crippen molar-refractivity contribution in [3.8, 4) is 5.75 Å². The summed E-state index contributed by atoms with van der Waals surface area (Å²) in [6.45, 7) is 1.95. The van der Waals surface area contributed by atoms with E-state index in [9.17, 15) is 4.79 Å². The Morgan fingerprint density at radius 1 is 1.10 bits per heavy atom. The highest BCUT2D eigenvalue weighted by Gasteiger charge is 2.12. The smallest absolute Gasteiger partial charge is 0.163 e. The van der Waals surface area contributed by atoms with E-state index in [0.29, 0.717) is 17.9 Å². The van der Waals surface area contributed by atoms with Gasteiger partial charge in [0.25, 0.3) is 0 Å². The Balaban J connectivity index is 2.02. The molecule has 1 heterocycles. The van der Waals surface area contributed by atoms with Gasteiger partial charge in [0, 0.05) is 23.3 Å². The molecular formula is C18H15NO2. The number of hydrogen-bond acceptors (Lipinski definition) is 3. The fourth-order valence-electron chi connectivity index (χ4n) is 2.31. The van der Waals surface area contributed by atoms with Gasteiger partial charge in [0.2, 0.25) is 0 Å². The third-order valence-corrected chi connectivity index (χ3v) is 3.36. The van der Waals surface area contributed by atoms with Gasteiger partial charge in [0.05, 0.1) is 5.56 Å². The molecule has 3 heteroatoms. The monoisotopic (exact) mass is 277 g/mol. The van der Waals surface area contributed by atoms with Gasteiger partial charge in [0.1, 0.15) is 12.4 Å². The Morgan fingerprint density at radius 3 is 2.71 bits per heavy atom. The number of pyridine rings is 1. The van der Waals surface area contributed by atoms with Gasteiger partial charge in [-0.15, -0.1) is 0 Å². The van der Waals surface area contributed by atoms with Crippen molar-refractivity contribution in [2.75, 3.05) is 0 Å². The Bertz CT molecular complexity index is 782. The number of carbonyl (C=O) groups is 1. The molecule has 104 valence electrons.